The number of likely N-dealkylation sites (tertiary alicyclic amines) is 1. The van der Waals surface area contributed by atoms with E-state index in [2.05, 4.69) is 6.58 Å². The van der Waals surface area contributed by atoms with Crippen LogP contribution in [-0.4, -0.2) is 35.3 Å². The Bertz CT molecular complexity index is 278. The molecule has 2 unspecified atom stereocenters. The van der Waals surface area contributed by atoms with E-state index in [1.807, 2.05) is 0 Å². The molecular formula is C10H17N3O2. The van der Waals surface area contributed by atoms with E-state index in [-0.39, 0.29) is 5.91 Å². The van der Waals surface area contributed by atoms with E-state index in [1.165, 1.54) is 4.90 Å². The van der Waals surface area contributed by atoms with Gasteiger partial charge in [-0.05, 0) is 19.3 Å². The van der Waals surface area contributed by atoms with Gasteiger partial charge in [0.05, 0.1) is 6.04 Å². The molecule has 84 valence electrons. The summed E-state index contributed by atoms with van der Waals surface area (Å²) in [5.74, 6) is -0.641. The van der Waals surface area contributed by atoms with Crippen LogP contribution in [0.15, 0.2) is 12.7 Å². The van der Waals surface area contributed by atoms with Crippen molar-refractivity contribution in [3.05, 3.63) is 12.7 Å². The van der Waals surface area contributed by atoms with Crippen LogP contribution in [0.2, 0.25) is 0 Å². The molecule has 15 heavy (non-hydrogen) atoms. The summed E-state index contributed by atoms with van der Waals surface area (Å²) in [4.78, 5) is 24.1. The van der Waals surface area contributed by atoms with E-state index >= 15 is 0 Å². The standard InChI is InChI=1S/C10H17N3O2/c1-2-3-4-7(11)10(15)13-6-5-8(13)9(12)14/h2,7-8H,1,3-6,11H2,(H2,12,14). The molecule has 0 saturated carbocycles. The van der Waals surface area contributed by atoms with Gasteiger partial charge in [0.25, 0.3) is 0 Å². The van der Waals surface area contributed by atoms with Crippen LogP contribution in [0, 0.1) is 0 Å². The van der Waals surface area contributed by atoms with Crippen molar-refractivity contribution in [2.45, 2.75) is 31.3 Å². The molecule has 0 spiro atoms. The second-order valence-corrected chi connectivity index (χ2v) is 3.71. The van der Waals surface area contributed by atoms with Crippen molar-refractivity contribution >= 4 is 11.8 Å². The van der Waals surface area contributed by atoms with Gasteiger partial charge in [0, 0.05) is 6.54 Å². The number of rotatable bonds is 5. The summed E-state index contributed by atoms with van der Waals surface area (Å²) in [6, 6.07) is -1.00. The number of hydrogen-bond donors (Lipinski definition) is 2. The summed E-state index contributed by atoms with van der Waals surface area (Å²) in [5, 5.41) is 0. The Labute approximate surface area is 89.1 Å². The maximum Gasteiger partial charge on any atom is 0.240 e. The molecule has 0 aromatic rings. The predicted octanol–water partition coefficient (Wildman–Crippen LogP) is -0.634. The number of carbonyl (C=O) groups is 2. The SMILES string of the molecule is C=CCCC(N)C(=O)N1CCC1C(N)=O. The quantitative estimate of drug-likeness (QED) is 0.593. The first-order valence-corrected chi connectivity index (χ1v) is 5.04. The Morgan fingerprint density at radius 2 is 2.27 bits per heavy atom. The zero-order valence-corrected chi connectivity index (χ0v) is 8.69. The molecular weight excluding hydrogens is 194 g/mol. The van der Waals surface area contributed by atoms with Gasteiger partial charge in [-0.25, -0.2) is 0 Å². The molecule has 4 N–H and O–H groups in total. The molecule has 1 fully saturated rings. The third-order valence-corrected chi connectivity index (χ3v) is 2.63. The number of hydrogen-bond acceptors (Lipinski definition) is 3. The first kappa shape index (κ1) is 11.7. The molecule has 1 rings (SSSR count). The summed E-state index contributed by atoms with van der Waals surface area (Å²) in [7, 11) is 0. The first-order chi connectivity index (χ1) is 7.07. The van der Waals surface area contributed by atoms with Crippen molar-refractivity contribution in [2.24, 2.45) is 11.5 Å². The minimum Gasteiger partial charge on any atom is -0.368 e. The average Bonchev–Trinajstić information content (AvgIpc) is 2.11. The van der Waals surface area contributed by atoms with E-state index < -0.39 is 18.0 Å². The maximum atomic E-state index is 11.7. The largest absolute Gasteiger partial charge is 0.368 e. The Morgan fingerprint density at radius 3 is 2.67 bits per heavy atom. The lowest BCUT2D eigenvalue weighted by atomic mass is 10.00. The minimum atomic E-state index is -0.551. The Morgan fingerprint density at radius 1 is 1.60 bits per heavy atom. The molecule has 2 amide bonds. The number of carbonyl (C=O) groups excluding carboxylic acids is 2. The molecule has 5 heteroatoms. The maximum absolute atomic E-state index is 11.7. The predicted molar refractivity (Wildman–Crippen MR) is 56.7 cm³/mol. The van der Waals surface area contributed by atoms with Crippen molar-refractivity contribution in [3.63, 3.8) is 0 Å². The molecule has 1 saturated heterocycles. The molecule has 5 nitrogen and oxygen atoms in total. The molecule has 0 bridgehead atoms. The Balaban J connectivity index is 2.46. The molecule has 0 radical (unpaired) electrons. The number of allylic oxidation sites excluding steroid dienone is 1. The summed E-state index contributed by atoms with van der Waals surface area (Å²) >= 11 is 0. The van der Waals surface area contributed by atoms with Crippen molar-refractivity contribution in [3.8, 4) is 0 Å². The van der Waals surface area contributed by atoms with Crippen LogP contribution < -0.4 is 11.5 Å². The Kier molecular flexibility index (Phi) is 3.85. The van der Waals surface area contributed by atoms with Crippen LogP contribution in [0.5, 0.6) is 0 Å². The van der Waals surface area contributed by atoms with Gasteiger partial charge in [-0.1, -0.05) is 6.08 Å². The zero-order chi connectivity index (χ0) is 11.4. The third-order valence-electron chi connectivity index (χ3n) is 2.63. The minimum absolute atomic E-state index is 0.188. The van der Waals surface area contributed by atoms with Crippen LogP contribution in [0.25, 0.3) is 0 Å². The van der Waals surface area contributed by atoms with Gasteiger partial charge in [0.2, 0.25) is 11.8 Å². The lowest BCUT2D eigenvalue weighted by molar-refractivity contribution is -0.147. The van der Waals surface area contributed by atoms with Crippen molar-refractivity contribution < 1.29 is 9.59 Å². The van der Waals surface area contributed by atoms with E-state index in [0.29, 0.717) is 25.8 Å². The van der Waals surface area contributed by atoms with Gasteiger partial charge in [-0.2, -0.15) is 0 Å². The third kappa shape index (κ3) is 2.56. The highest BCUT2D eigenvalue weighted by Crippen LogP contribution is 2.18. The van der Waals surface area contributed by atoms with Crippen LogP contribution in [0.3, 0.4) is 0 Å². The van der Waals surface area contributed by atoms with Gasteiger partial charge in [-0.3, -0.25) is 9.59 Å². The number of nitrogens with zero attached hydrogens (tertiary/aromatic N) is 1. The van der Waals surface area contributed by atoms with Crippen LogP contribution in [-0.2, 0) is 9.59 Å². The average molecular weight is 211 g/mol. The fourth-order valence-corrected chi connectivity index (χ4v) is 1.58. The highest BCUT2D eigenvalue weighted by atomic mass is 16.2. The van der Waals surface area contributed by atoms with Crippen molar-refractivity contribution in [1.29, 1.82) is 0 Å². The smallest absolute Gasteiger partial charge is 0.240 e. The van der Waals surface area contributed by atoms with Gasteiger partial charge in [-0.15, -0.1) is 6.58 Å². The molecule has 1 heterocycles. The van der Waals surface area contributed by atoms with E-state index in [9.17, 15) is 9.59 Å². The topological polar surface area (TPSA) is 89.4 Å². The van der Waals surface area contributed by atoms with Gasteiger partial charge < -0.3 is 16.4 Å². The summed E-state index contributed by atoms with van der Waals surface area (Å²) < 4.78 is 0. The number of amides is 2. The second-order valence-electron chi connectivity index (χ2n) is 3.71. The van der Waals surface area contributed by atoms with Crippen LogP contribution >= 0.6 is 0 Å². The fourth-order valence-electron chi connectivity index (χ4n) is 1.58. The van der Waals surface area contributed by atoms with Crippen molar-refractivity contribution in [2.75, 3.05) is 6.54 Å². The molecule has 2 atom stereocenters. The van der Waals surface area contributed by atoms with E-state index in [4.69, 9.17) is 11.5 Å². The molecule has 0 aliphatic carbocycles. The summed E-state index contributed by atoms with van der Waals surface area (Å²) in [6.45, 7) is 4.14. The van der Waals surface area contributed by atoms with E-state index in [1.54, 1.807) is 6.08 Å². The first-order valence-electron chi connectivity index (χ1n) is 5.04. The molecule has 0 aromatic carbocycles. The summed E-state index contributed by atoms with van der Waals surface area (Å²) in [6.07, 6.45) is 3.62. The summed E-state index contributed by atoms with van der Waals surface area (Å²) in [5.41, 5.74) is 10.8. The lowest BCUT2D eigenvalue weighted by Gasteiger charge is -2.40. The highest BCUT2D eigenvalue weighted by molar-refractivity contribution is 5.90. The van der Waals surface area contributed by atoms with Crippen LogP contribution in [0.4, 0.5) is 0 Å². The fraction of sp³-hybridized carbons (Fsp3) is 0.600. The normalized spacial score (nSPS) is 21.7. The van der Waals surface area contributed by atoms with Gasteiger partial charge in [0.15, 0.2) is 0 Å². The molecule has 1 aliphatic heterocycles. The molecule has 0 aromatic heterocycles. The van der Waals surface area contributed by atoms with Crippen molar-refractivity contribution in [1.82, 2.24) is 4.90 Å². The second kappa shape index (κ2) is 4.93. The monoisotopic (exact) mass is 211 g/mol. The number of primary amides is 1. The molecule has 1 aliphatic rings. The zero-order valence-electron chi connectivity index (χ0n) is 8.69. The van der Waals surface area contributed by atoms with Gasteiger partial charge >= 0.3 is 0 Å². The Hall–Kier alpha value is -1.36. The van der Waals surface area contributed by atoms with Gasteiger partial charge in [0.1, 0.15) is 6.04 Å². The van der Waals surface area contributed by atoms with Crippen LogP contribution in [0.1, 0.15) is 19.3 Å². The van der Waals surface area contributed by atoms with E-state index in [0.717, 1.165) is 0 Å². The number of nitrogens with two attached hydrogens (primary N) is 2. The lowest BCUT2D eigenvalue weighted by Crippen LogP contribution is -2.60. The highest BCUT2D eigenvalue weighted by Gasteiger charge is 2.37.